The summed E-state index contributed by atoms with van der Waals surface area (Å²) in [5.41, 5.74) is -0.894. The highest BCUT2D eigenvalue weighted by molar-refractivity contribution is 7.85. The molecule has 0 aliphatic carbocycles. The summed E-state index contributed by atoms with van der Waals surface area (Å²) in [6.07, 6.45) is -6.80. The molecule has 1 aliphatic rings. The Morgan fingerprint density at radius 2 is 1.55 bits per heavy atom. The van der Waals surface area contributed by atoms with E-state index >= 15 is 0 Å². The number of rotatable bonds is 9. The summed E-state index contributed by atoms with van der Waals surface area (Å²) < 4.78 is 108. The quantitative estimate of drug-likeness (QED) is 0.252. The molecule has 2 aromatic carbocycles. The first-order chi connectivity index (χ1) is 18.5. The van der Waals surface area contributed by atoms with Gasteiger partial charge in [0.25, 0.3) is 10.1 Å². The lowest BCUT2D eigenvalue weighted by Gasteiger charge is -2.44. The molecule has 1 heterocycles. The van der Waals surface area contributed by atoms with Crippen molar-refractivity contribution in [1.29, 1.82) is 0 Å². The summed E-state index contributed by atoms with van der Waals surface area (Å²) >= 11 is 0. The molecule has 1 fully saturated rings. The molecule has 3 rings (SSSR count). The maximum absolute atomic E-state index is 13.3. The number of aryl methyl sites for hydroxylation is 2. The summed E-state index contributed by atoms with van der Waals surface area (Å²) in [5.74, 6) is -0.610. The summed E-state index contributed by atoms with van der Waals surface area (Å²) in [4.78, 5) is 14.7. The summed E-state index contributed by atoms with van der Waals surface area (Å²) in [6, 6.07) is 7.15. The van der Waals surface area contributed by atoms with Gasteiger partial charge < -0.3 is 4.90 Å². The molecular formula is C28H33F6NO4S. The smallest absolute Gasteiger partial charge is 0.342 e. The van der Waals surface area contributed by atoms with Gasteiger partial charge in [0.15, 0.2) is 0 Å². The molecule has 5 nitrogen and oxygen atoms in total. The highest BCUT2D eigenvalue weighted by Gasteiger charge is 2.40. The number of piperidine rings is 1. The van der Waals surface area contributed by atoms with Crippen molar-refractivity contribution in [2.75, 3.05) is 26.0 Å². The van der Waals surface area contributed by atoms with Crippen LogP contribution >= 0.6 is 0 Å². The lowest BCUT2D eigenvalue weighted by atomic mass is 9.71. The van der Waals surface area contributed by atoms with Gasteiger partial charge in [-0.05, 0) is 72.6 Å². The zero-order valence-electron chi connectivity index (χ0n) is 22.6. The van der Waals surface area contributed by atoms with Crippen molar-refractivity contribution in [2.45, 2.75) is 70.1 Å². The normalized spacial score (nSPS) is 18.7. The predicted octanol–water partition coefficient (Wildman–Crippen LogP) is 6.32. The van der Waals surface area contributed by atoms with Gasteiger partial charge in [-0.15, -0.1) is 0 Å². The van der Waals surface area contributed by atoms with Crippen LogP contribution in [0, 0.1) is 0 Å². The van der Waals surface area contributed by atoms with E-state index in [0.717, 1.165) is 35.8 Å². The molecule has 0 radical (unpaired) electrons. The van der Waals surface area contributed by atoms with Gasteiger partial charge in [0.05, 0.1) is 30.4 Å². The fourth-order valence-corrected chi connectivity index (χ4v) is 5.74. The minimum absolute atomic E-state index is 0.0347. The van der Waals surface area contributed by atoms with E-state index in [1.807, 2.05) is 32.0 Å². The highest BCUT2D eigenvalue weighted by Crippen LogP contribution is 2.40. The summed E-state index contributed by atoms with van der Waals surface area (Å²) in [6.45, 7) is 4.30. The zero-order valence-corrected chi connectivity index (χ0v) is 23.4. The Hall–Kier alpha value is -2.60. The number of carbonyl (C=O) groups excluding carboxylic acids is 1. The molecule has 12 heteroatoms. The summed E-state index contributed by atoms with van der Waals surface area (Å²) in [5, 5.41) is 0. The first-order valence-corrected chi connectivity index (χ1v) is 14.8. The third-order valence-corrected chi connectivity index (χ3v) is 7.99. The first kappa shape index (κ1) is 31.9. The van der Waals surface area contributed by atoms with Crippen molar-refractivity contribution in [3.05, 3.63) is 69.8 Å². The molecule has 1 atom stereocenters. The van der Waals surface area contributed by atoms with Crippen LogP contribution in [0.2, 0.25) is 0 Å². The molecule has 1 aliphatic heterocycles. The molecule has 2 aromatic rings. The van der Waals surface area contributed by atoms with E-state index in [1.165, 1.54) is 4.90 Å². The van der Waals surface area contributed by atoms with Gasteiger partial charge >= 0.3 is 12.4 Å². The zero-order chi connectivity index (χ0) is 29.9. The van der Waals surface area contributed by atoms with Gasteiger partial charge in [0, 0.05) is 18.5 Å². The molecule has 0 unspecified atom stereocenters. The van der Waals surface area contributed by atoms with E-state index < -0.39 is 51.3 Å². The molecule has 0 bridgehead atoms. The Labute approximate surface area is 230 Å². The number of hydrogen-bond donors (Lipinski definition) is 0. The number of amides is 1. The van der Waals surface area contributed by atoms with Crippen LogP contribution in [0.25, 0.3) is 0 Å². The van der Waals surface area contributed by atoms with E-state index in [1.54, 1.807) is 0 Å². The number of benzene rings is 2. The highest BCUT2D eigenvalue weighted by atomic mass is 32.2. The van der Waals surface area contributed by atoms with Crippen molar-refractivity contribution >= 4 is 16.0 Å². The second-order valence-electron chi connectivity index (χ2n) is 10.3. The maximum Gasteiger partial charge on any atom is 0.416 e. The molecule has 0 spiro atoms. The number of carbonyl (C=O) groups is 1. The topological polar surface area (TPSA) is 63.7 Å². The van der Waals surface area contributed by atoms with Gasteiger partial charge in [-0.25, -0.2) is 0 Å². The van der Waals surface area contributed by atoms with Crippen LogP contribution in [0.15, 0.2) is 36.4 Å². The minimum Gasteiger partial charge on any atom is -0.342 e. The monoisotopic (exact) mass is 593 g/mol. The predicted molar refractivity (Wildman–Crippen MR) is 138 cm³/mol. The Balaban J connectivity index is 1.95. The minimum atomic E-state index is -5.01. The number of nitrogens with zero attached hydrogens (tertiary/aromatic N) is 1. The largest absolute Gasteiger partial charge is 0.416 e. The molecule has 40 heavy (non-hydrogen) atoms. The summed E-state index contributed by atoms with van der Waals surface area (Å²) in [7, 11) is -3.72. The van der Waals surface area contributed by atoms with E-state index in [0.29, 0.717) is 25.0 Å². The molecule has 0 saturated carbocycles. The lowest BCUT2D eigenvalue weighted by molar-refractivity contribution is -0.143. The maximum atomic E-state index is 13.3. The van der Waals surface area contributed by atoms with E-state index in [4.69, 9.17) is 4.18 Å². The van der Waals surface area contributed by atoms with Crippen LogP contribution in [0.1, 0.15) is 66.5 Å². The first-order valence-electron chi connectivity index (χ1n) is 13.0. The van der Waals surface area contributed by atoms with E-state index in [2.05, 4.69) is 0 Å². The molecule has 0 aromatic heterocycles. The molecule has 0 N–H and O–H groups in total. The van der Waals surface area contributed by atoms with E-state index in [-0.39, 0.29) is 37.7 Å². The Morgan fingerprint density at radius 1 is 0.950 bits per heavy atom. The molecular weight excluding hydrogens is 560 g/mol. The molecule has 222 valence electrons. The van der Waals surface area contributed by atoms with Gasteiger partial charge in [-0.2, -0.15) is 34.8 Å². The van der Waals surface area contributed by atoms with Crippen molar-refractivity contribution < 1.29 is 43.7 Å². The number of alkyl halides is 6. The average Bonchev–Trinajstić information content (AvgIpc) is 2.86. The average molecular weight is 594 g/mol. The fraction of sp³-hybridized carbons (Fsp3) is 0.536. The molecule has 1 amide bonds. The second-order valence-corrected chi connectivity index (χ2v) is 11.9. The van der Waals surface area contributed by atoms with Gasteiger partial charge in [0.2, 0.25) is 5.91 Å². The van der Waals surface area contributed by atoms with Crippen molar-refractivity contribution in [1.82, 2.24) is 4.90 Å². The Morgan fingerprint density at radius 3 is 2.08 bits per heavy atom. The third kappa shape index (κ3) is 7.99. The van der Waals surface area contributed by atoms with Crippen LogP contribution < -0.4 is 0 Å². The number of likely N-dealkylation sites (tertiary alicyclic amines) is 1. The van der Waals surface area contributed by atoms with Crippen LogP contribution in [-0.4, -0.2) is 45.2 Å². The van der Waals surface area contributed by atoms with Gasteiger partial charge in [-0.3, -0.25) is 8.98 Å². The fourth-order valence-electron chi connectivity index (χ4n) is 5.35. The van der Waals surface area contributed by atoms with Crippen molar-refractivity contribution in [2.24, 2.45) is 0 Å². The number of hydrogen-bond acceptors (Lipinski definition) is 4. The van der Waals surface area contributed by atoms with Crippen molar-refractivity contribution in [3.8, 4) is 0 Å². The Bertz CT molecular complexity index is 1290. The van der Waals surface area contributed by atoms with Gasteiger partial charge in [-0.1, -0.05) is 32.0 Å². The third-order valence-electron chi connectivity index (χ3n) is 7.39. The van der Waals surface area contributed by atoms with Crippen molar-refractivity contribution in [3.63, 3.8) is 0 Å². The SMILES string of the molecule is CCc1ccc([C@@]2(CCOS(C)(=O)=O)CCCN(C(=O)Cc3cc(C(F)(F)F)cc(C(F)(F)F)c3)C2)cc1CC. The lowest BCUT2D eigenvalue weighted by Crippen LogP contribution is -2.49. The van der Waals surface area contributed by atoms with Crippen LogP contribution in [0.3, 0.4) is 0 Å². The standard InChI is InChI=1S/C28H33F6NO4S/c1-4-20-7-8-22(16-21(20)5-2)26(10-12-39-40(3,37)38)9-6-11-35(18-26)25(36)15-19-13-23(27(29,30)31)17-24(14-19)28(32,33)34/h7-8,13-14,16-17H,4-6,9-12,15,18H2,1-3H3/t26-/m1/s1. The van der Waals surface area contributed by atoms with Crippen LogP contribution in [0.4, 0.5) is 26.3 Å². The Kier molecular flexibility index (Phi) is 9.66. The van der Waals surface area contributed by atoms with E-state index in [9.17, 15) is 39.6 Å². The number of halogens is 6. The van der Waals surface area contributed by atoms with Crippen LogP contribution in [-0.2, 0) is 56.1 Å². The second kappa shape index (κ2) is 12.1. The van der Waals surface area contributed by atoms with Gasteiger partial charge in [0.1, 0.15) is 0 Å². The van der Waals surface area contributed by atoms with Crippen LogP contribution in [0.5, 0.6) is 0 Å². The molecule has 1 saturated heterocycles.